The van der Waals surface area contributed by atoms with Crippen LogP contribution in [0.15, 0.2) is 71.9 Å². The molecule has 1 aliphatic rings. The highest BCUT2D eigenvalue weighted by molar-refractivity contribution is 7.19. The smallest absolute Gasteiger partial charge is 0.337 e. The third-order valence-corrected chi connectivity index (χ3v) is 7.86. The van der Waals surface area contributed by atoms with Crippen molar-refractivity contribution in [3.05, 3.63) is 83.2 Å². The van der Waals surface area contributed by atoms with Crippen LogP contribution in [0.3, 0.4) is 0 Å². The maximum atomic E-state index is 14.0. The number of aryl methyl sites for hydroxylation is 1. The average molecular weight is 520 g/mol. The van der Waals surface area contributed by atoms with E-state index in [0.717, 1.165) is 21.7 Å². The van der Waals surface area contributed by atoms with Crippen LogP contribution in [0.5, 0.6) is 0 Å². The summed E-state index contributed by atoms with van der Waals surface area (Å²) >= 11 is 1.49. The number of hydrogen-bond acceptors (Lipinski definition) is 8. The average Bonchev–Trinajstić information content (AvgIpc) is 3.25. The Balaban J connectivity index is 1.92. The quantitative estimate of drug-likeness (QED) is 0.394. The predicted molar refractivity (Wildman–Crippen MR) is 146 cm³/mol. The van der Waals surface area contributed by atoms with E-state index in [1.807, 2.05) is 81.4 Å². The zero-order chi connectivity index (χ0) is 26.6. The van der Waals surface area contributed by atoms with Crippen molar-refractivity contribution in [1.82, 2.24) is 10.3 Å². The molecular formula is C29H33N3O4S. The molecule has 3 unspecified atom stereocenters. The SMILES string of the molecule is CCOC(=O)C1=C(C)NC(C)C(C(=O)OCC)(c2ccccc2)C1Nc1nc(C)c(-c2ccccc2)s1. The molecule has 1 aliphatic heterocycles. The van der Waals surface area contributed by atoms with Crippen molar-refractivity contribution >= 4 is 28.4 Å². The summed E-state index contributed by atoms with van der Waals surface area (Å²) in [5.41, 5.74) is 2.38. The Morgan fingerprint density at radius 2 is 1.62 bits per heavy atom. The molecular weight excluding hydrogens is 486 g/mol. The lowest BCUT2D eigenvalue weighted by Gasteiger charge is -2.48. The van der Waals surface area contributed by atoms with Crippen molar-refractivity contribution in [3.8, 4) is 10.4 Å². The number of nitrogens with one attached hydrogen (secondary N) is 2. The molecule has 0 bridgehead atoms. The van der Waals surface area contributed by atoms with E-state index in [9.17, 15) is 9.59 Å². The van der Waals surface area contributed by atoms with Crippen LogP contribution in [0, 0.1) is 6.92 Å². The van der Waals surface area contributed by atoms with E-state index in [1.54, 1.807) is 13.8 Å². The van der Waals surface area contributed by atoms with Gasteiger partial charge in [-0.1, -0.05) is 72.0 Å². The summed E-state index contributed by atoms with van der Waals surface area (Å²) in [6, 6.07) is 18.3. The zero-order valence-corrected chi connectivity index (χ0v) is 22.6. The topological polar surface area (TPSA) is 89.5 Å². The first-order valence-corrected chi connectivity index (χ1v) is 13.3. The summed E-state index contributed by atoms with van der Waals surface area (Å²) in [6.45, 7) is 9.69. The Morgan fingerprint density at radius 3 is 2.24 bits per heavy atom. The molecule has 0 fully saturated rings. The molecule has 2 heterocycles. The number of rotatable bonds is 8. The first-order chi connectivity index (χ1) is 17.8. The van der Waals surface area contributed by atoms with Crippen LogP contribution in [-0.2, 0) is 24.5 Å². The summed E-state index contributed by atoms with van der Waals surface area (Å²) in [5, 5.41) is 7.48. The van der Waals surface area contributed by atoms with Gasteiger partial charge in [0, 0.05) is 11.7 Å². The number of nitrogens with zero attached hydrogens (tertiary/aromatic N) is 1. The number of allylic oxidation sites excluding steroid dienone is 1. The van der Waals surface area contributed by atoms with Crippen molar-refractivity contribution in [2.45, 2.75) is 52.1 Å². The third-order valence-electron chi connectivity index (χ3n) is 6.72. The summed E-state index contributed by atoms with van der Waals surface area (Å²) in [6.07, 6.45) is 0. The minimum atomic E-state index is -1.27. The predicted octanol–water partition coefficient (Wildman–Crippen LogP) is 5.23. The lowest BCUT2D eigenvalue weighted by Crippen LogP contribution is -2.66. The van der Waals surface area contributed by atoms with Crippen molar-refractivity contribution in [2.75, 3.05) is 18.5 Å². The minimum Gasteiger partial charge on any atom is -0.465 e. The molecule has 0 spiro atoms. The van der Waals surface area contributed by atoms with Crippen molar-refractivity contribution < 1.29 is 19.1 Å². The maximum Gasteiger partial charge on any atom is 0.337 e. The highest BCUT2D eigenvalue weighted by Gasteiger charge is 2.58. The molecule has 0 aliphatic carbocycles. The number of benzene rings is 2. The molecule has 194 valence electrons. The van der Waals surface area contributed by atoms with E-state index in [2.05, 4.69) is 10.6 Å². The molecule has 3 aromatic rings. The fourth-order valence-electron chi connectivity index (χ4n) is 5.11. The van der Waals surface area contributed by atoms with Gasteiger partial charge in [-0.05, 0) is 45.7 Å². The molecule has 8 heteroatoms. The van der Waals surface area contributed by atoms with Crippen molar-refractivity contribution in [2.24, 2.45) is 0 Å². The number of anilines is 1. The first kappa shape index (κ1) is 26.4. The molecule has 3 atom stereocenters. The largest absolute Gasteiger partial charge is 0.465 e. The molecule has 2 N–H and O–H groups in total. The number of aromatic nitrogens is 1. The summed E-state index contributed by atoms with van der Waals surface area (Å²) in [5.74, 6) is -0.914. The normalized spacial score (nSPS) is 21.2. The second-order valence-electron chi connectivity index (χ2n) is 8.96. The van der Waals surface area contributed by atoms with Gasteiger partial charge in [-0.25, -0.2) is 9.78 Å². The fourth-order valence-corrected chi connectivity index (χ4v) is 6.11. The standard InChI is InChI=1S/C29H33N3O4S/c1-6-35-26(33)23-18(3)30-20(5)29(27(34)36-7-2,22-16-12-9-13-17-22)25(23)32-28-31-19(4)24(37-28)21-14-10-8-11-15-21/h8-17,20,25,30H,6-7H2,1-5H3,(H,31,32). The number of esters is 2. The molecule has 7 nitrogen and oxygen atoms in total. The van der Waals surface area contributed by atoms with Gasteiger partial charge in [0.15, 0.2) is 5.13 Å². The summed E-state index contributed by atoms with van der Waals surface area (Å²) in [7, 11) is 0. The Labute approximate surface area is 221 Å². The number of carbonyl (C=O) groups is 2. The van der Waals surface area contributed by atoms with E-state index in [-0.39, 0.29) is 13.2 Å². The molecule has 0 saturated carbocycles. The van der Waals surface area contributed by atoms with Crippen LogP contribution in [-0.4, -0.2) is 42.2 Å². The Hall–Kier alpha value is -3.65. The van der Waals surface area contributed by atoms with Crippen LogP contribution in [0.2, 0.25) is 0 Å². The number of hydrogen-bond donors (Lipinski definition) is 2. The number of ether oxygens (including phenoxy) is 2. The Morgan fingerprint density at radius 1 is 1.00 bits per heavy atom. The highest BCUT2D eigenvalue weighted by atomic mass is 32.1. The summed E-state index contributed by atoms with van der Waals surface area (Å²) < 4.78 is 11.2. The van der Waals surface area contributed by atoms with Gasteiger partial charge in [0.2, 0.25) is 0 Å². The second-order valence-corrected chi connectivity index (χ2v) is 9.96. The van der Waals surface area contributed by atoms with Crippen molar-refractivity contribution in [1.29, 1.82) is 0 Å². The van der Waals surface area contributed by atoms with Crippen LogP contribution in [0.1, 0.15) is 39.0 Å². The van der Waals surface area contributed by atoms with Gasteiger partial charge in [-0.3, -0.25) is 4.79 Å². The lowest BCUT2D eigenvalue weighted by molar-refractivity contribution is -0.152. The maximum absolute atomic E-state index is 14.0. The van der Waals surface area contributed by atoms with E-state index < -0.39 is 29.4 Å². The van der Waals surface area contributed by atoms with E-state index in [1.165, 1.54) is 11.3 Å². The van der Waals surface area contributed by atoms with Crippen molar-refractivity contribution in [3.63, 3.8) is 0 Å². The van der Waals surface area contributed by atoms with Gasteiger partial charge in [-0.15, -0.1) is 0 Å². The number of carbonyl (C=O) groups excluding carboxylic acids is 2. The fraction of sp³-hybridized carbons (Fsp3) is 0.345. The Bertz CT molecular complexity index is 1290. The molecule has 1 aromatic heterocycles. The van der Waals surface area contributed by atoms with Crippen LogP contribution < -0.4 is 10.6 Å². The van der Waals surface area contributed by atoms with Crippen LogP contribution >= 0.6 is 11.3 Å². The summed E-state index contributed by atoms with van der Waals surface area (Å²) in [4.78, 5) is 33.2. The molecule has 0 amide bonds. The van der Waals surface area contributed by atoms with E-state index in [0.29, 0.717) is 16.4 Å². The van der Waals surface area contributed by atoms with Gasteiger partial charge in [0.1, 0.15) is 5.41 Å². The van der Waals surface area contributed by atoms with Gasteiger partial charge in [-0.2, -0.15) is 0 Å². The zero-order valence-electron chi connectivity index (χ0n) is 21.8. The van der Waals surface area contributed by atoms with E-state index in [4.69, 9.17) is 14.5 Å². The third kappa shape index (κ3) is 4.85. The Kier molecular flexibility index (Phi) is 7.97. The number of thiazole rings is 1. The van der Waals surface area contributed by atoms with Gasteiger partial charge < -0.3 is 20.1 Å². The molecule has 2 aromatic carbocycles. The van der Waals surface area contributed by atoms with Gasteiger partial charge in [0.05, 0.1) is 35.4 Å². The molecule has 0 saturated heterocycles. The lowest BCUT2D eigenvalue weighted by atomic mass is 9.64. The first-order valence-electron chi connectivity index (χ1n) is 12.5. The second kappa shape index (κ2) is 11.2. The van der Waals surface area contributed by atoms with Crippen LogP contribution in [0.4, 0.5) is 5.13 Å². The highest BCUT2D eigenvalue weighted by Crippen LogP contribution is 2.44. The van der Waals surface area contributed by atoms with E-state index >= 15 is 0 Å². The minimum absolute atomic E-state index is 0.207. The molecule has 4 rings (SSSR count). The molecule has 37 heavy (non-hydrogen) atoms. The molecule has 0 radical (unpaired) electrons. The van der Waals surface area contributed by atoms with Gasteiger partial charge >= 0.3 is 11.9 Å². The van der Waals surface area contributed by atoms with Gasteiger partial charge in [0.25, 0.3) is 0 Å². The monoisotopic (exact) mass is 519 g/mol. The van der Waals surface area contributed by atoms with Crippen LogP contribution in [0.25, 0.3) is 10.4 Å².